The molecular weight excluding hydrogens is 264 g/mol. The van der Waals surface area contributed by atoms with Gasteiger partial charge in [-0.15, -0.1) is 11.8 Å². The second-order valence-electron chi connectivity index (χ2n) is 6.64. The number of benzene rings is 1. The highest BCUT2D eigenvalue weighted by atomic mass is 32.2. The van der Waals surface area contributed by atoms with Gasteiger partial charge in [-0.2, -0.15) is 0 Å². The third-order valence-electron chi connectivity index (χ3n) is 3.62. The van der Waals surface area contributed by atoms with Crippen LogP contribution in [-0.4, -0.2) is 35.8 Å². The van der Waals surface area contributed by atoms with Gasteiger partial charge >= 0.3 is 0 Å². The SMILES string of the molecule is CC(C)(C)NCc1ccc(SCCN2CCCC2)cc1. The summed E-state index contributed by atoms with van der Waals surface area (Å²) in [6.07, 6.45) is 2.78. The van der Waals surface area contributed by atoms with Gasteiger partial charge in [-0.05, 0) is 64.4 Å². The standard InChI is InChI=1S/C17H28N2S/c1-17(2,3)18-14-15-6-8-16(9-7-15)20-13-12-19-10-4-5-11-19/h6-9,18H,4-5,10-14H2,1-3H3. The van der Waals surface area contributed by atoms with Gasteiger partial charge in [0.15, 0.2) is 0 Å². The van der Waals surface area contributed by atoms with Crippen LogP contribution >= 0.6 is 11.8 Å². The van der Waals surface area contributed by atoms with E-state index in [1.807, 2.05) is 11.8 Å². The Balaban J connectivity index is 1.70. The van der Waals surface area contributed by atoms with Crippen molar-refractivity contribution in [1.29, 1.82) is 0 Å². The van der Waals surface area contributed by atoms with Gasteiger partial charge in [0, 0.05) is 29.3 Å². The van der Waals surface area contributed by atoms with Crippen LogP contribution in [0.2, 0.25) is 0 Å². The molecule has 1 saturated heterocycles. The van der Waals surface area contributed by atoms with Crippen LogP contribution in [0.1, 0.15) is 39.2 Å². The molecule has 0 amide bonds. The van der Waals surface area contributed by atoms with Crippen molar-refractivity contribution in [2.75, 3.05) is 25.4 Å². The fourth-order valence-electron chi connectivity index (χ4n) is 2.37. The zero-order valence-electron chi connectivity index (χ0n) is 13.1. The summed E-state index contributed by atoms with van der Waals surface area (Å²) in [5.41, 5.74) is 1.55. The summed E-state index contributed by atoms with van der Waals surface area (Å²) in [5.74, 6) is 1.21. The first kappa shape index (κ1) is 15.9. The number of rotatable bonds is 6. The van der Waals surface area contributed by atoms with Crippen molar-refractivity contribution in [3.05, 3.63) is 29.8 Å². The van der Waals surface area contributed by atoms with Crippen LogP contribution in [0.15, 0.2) is 29.2 Å². The minimum absolute atomic E-state index is 0.184. The average molecular weight is 292 g/mol. The first-order valence-corrected chi connectivity index (χ1v) is 8.71. The van der Waals surface area contributed by atoms with Crippen molar-refractivity contribution in [3.63, 3.8) is 0 Å². The molecule has 0 aromatic heterocycles. The van der Waals surface area contributed by atoms with Gasteiger partial charge in [0.2, 0.25) is 0 Å². The summed E-state index contributed by atoms with van der Waals surface area (Å²) >= 11 is 1.98. The molecule has 0 spiro atoms. The third kappa shape index (κ3) is 5.86. The molecule has 1 aromatic carbocycles. The molecule has 0 saturated carbocycles. The van der Waals surface area contributed by atoms with E-state index in [2.05, 4.69) is 55.3 Å². The van der Waals surface area contributed by atoms with Crippen molar-refractivity contribution in [3.8, 4) is 0 Å². The fraction of sp³-hybridized carbons (Fsp3) is 0.647. The maximum absolute atomic E-state index is 3.52. The van der Waals surface area contributed by atoms with Crippen LogP contribution in [0.4, 0.5) is 0 Å². The van der Waals surface area contributed by atoms with Gasteiger partial charge in [0.1, 0.15) is 0 Å². The van der Waals surface area contributed by atoms with Crippen LogP contribution in [0, 0.1) is 0 Å². The molecule has 1 aromatic rings. The Morgan fingerprint density at radius 1 is 1.10 bits per heavy atom. The van der Waals surface area contributed by atoms with Crippen molar-refractivity contribution in [2.45, 2.75) is 50.6 Å². The van der Waals surface area contributed by atoms with E-state index >= 15 is 0 Å². The summed E-state index contributed by atoms with van der Waals surface area (Å²) in [6.45, 7) is 11.4. The number of likely N-dealkylation sites (tertiary alicyclic amines) is 1. The molecule has 1 fully saturated rings. The molecule has 0 aliphatic carbocycles. The lowest BCUT2D eigenvalue weighted by Gasteiger charge is -2.20. The van der Waals surface area contributed by atoms with E-state index in [0.29, 0.717) is 0 Å². The maximum Gasteiger partial charge on any atom is 0.0210 e. The van der Waals surface area contributed by atoms with Gasteiger partial charge in [-0.3, -0.25) is 0 Å². The molecule has 2 rings (SSSR count). The quantitative estimate of drug-likeness (QED) is 0.804. The molecule has 0 radical (unpaired) electrons. The number of hydrogen-bond donors (Lipinski definition) is 1. The lowest BCUT2D eigenvalue weighted by atomic mass is 10.1. The molecule has 1 heterocycles. The van der Waals surface area contributed by atoms with Gasteiger partial charge in [-0.25, -0.2) is 0 Å². The first-order chi connectivity index (χ1) is 9.53. The van der Waals surface area contributed by atoms with E-state index in [4.69, 9.17) is 0 Å². The Bertz CT molecular complexity index is 388. The van der Waals surface area contributed by atoms with Crippen molar-refractivity contribution in [2.24, 2.45) is 0 Å². The molecule has 1 aliphatic rings. The van der Waals surface area contributed by atoms with Crippen LogP contribution in [0.5, 0.6) is 0 Å². The highest BCUT2D eigenvalue weighted by Crippen LogP contribution is 2.19. The minimum atomic E-state index is 0.184. The lowest BCUT2D eigenvalue weighted by Crippen LogP contribution is -2.35. The Kier molecular flexibility index (Phi) is 5.94. The maximum atomic E-state index is 3.52. The zero-order chi connectivity index (χ0) is 14.4. The van der Waals surface area contributed by atoms with Crippen LogP contribution < -0.4 is 5.32 Å². The highest BCUT2D eigenvalue weighted by Gasteiger charge is 2.11. The Morgan fingerprint density at radius 2 is 1.75 bits per heavy atom. The molecule has 20 heavy (non-hydrogen) atoms. The topological polar surface area (TPSA) is 15.3 Å². The second kappa shape index (κ2) is 7.48. The molecule has 0 unspecified atom stereocenters. The minimum Gasteiger partial charge on any atom is -0.308 e. The largest absolute Gasteiger partial charge is 0.308 e. The van der Waals surface area contributed by atoms with E-state index in [-0.39, 0.29) is 5.54 Å². The van der Waals surface area contributed by atoms with Crippen LogP contribution in [0.25, 0.3) is 0 Å². The smallest absolute Gasteiger partial charge is 0.0210 e. The molecule has 0 atom stereocenters. The van der Waals surface area contributed by atoms with Crippen molar-refractivity contribution in [1.82, 2.24) is 10.2 Å². The van der Waals surface area contributed by atoms with Crippen LogP contribution in [0.3, 0.4) is 0 Å². The molecule has 3 heteroatoms. The monoisotopic (exact) mass is 292 g/mol. The second-order valence-corrected chi connectivity index (χ2v) is 7.81. The van der Waals surface area contributed by atoms with Gasteiger partial charge in [0.25, 0.3) is 0 Å². The van der Waals surface area contributed by atoms with Crippen LogP contribution in [-0.2, 0) is 6.54 Å². The summed E-state index contributed by atoms with van der Waals surface area (Å²) in [5, 5.41) is 3.52. The summed E-state index contributed by atoms with van der Waals surface area (Å²) < 4.78 is 0. The third-order valence-corrected chi connectivity index (χ3v) is 4.61. The average Bonchev–Trinajstić information content (AvgIpc) is 2.90. The Hall–Kier alpha value is -0.510. The number of nitrogens with one attached hydrogen (secondary N) is 1. The van der Waals surface area contributed by atoms with Crippen molar-refractivity contribution < 1.29 is 0 Å². The highest BCUT2D eigenvalue weighted by molar-refractivity contribution is 7.99. The molecule has 2 nitrogen and oxygen atoms in total. The Morgan fingerprint density at radius 3 is 2.35 bits per heavy atom. The number of hydrogen-bond acceptors (Lipinski definition) is 3. The summed E-state index contributed by atoms with van der Waals surface area (Å²) in [7, 11) is 0. The van der Waals surface area contributed by atoms with Gasteiger partial charge in [0.05, 0.1) is 0 Å². The molecule has 112 valence electrons. The normalized spacial score (nSPS) is 16.8. The van der Waals surface area contributed by atoms with Gasteiger partial charge < -0.3 is 10.2 Å². The zero-order valence-corrected chi connectivity index (χ0v) is 13.9. The van der Waals surface area contributed by atoms with E-state index in [0.717, 1.165) is 6.54 Å². The van der Waals surface area contributed by atoms with Crippen molar-refractivity contribution >= 4 is 11.8 Å². The summed E-state index contributed by atoms with van der Waals surface area (Å²) in [4.78, 5) is 3.97. The van der Waals surface area contributed by atoms with E-state index in [1.54, 1.807) is 0 Å². The fourth-order valence-corrected chi connectivity index (χ4v) is 3.28. The van der Waals surface area contributed by atoms with Gasteiger partial charge in [-0.1, -0.05) is 12.1 Å². The predicted octanol–water partition coefficient (Wildman–Crippen LogP) is 3.76. The van der Waals surface area contributed by atoms with E-state index < -0.39 is 0 Å². The summed E-state index contributed by atoms with van der Waals surface area (Å²) in [6, 6.07) is 9.01. The molecule has 0 bridgehead atoms. The lowest BCUT2D eigenvalue weighted by molar-refractivity contribution is 0.362. The number of nitrogens with zero attached hydrogens (tertiary/aromatic N) is 1. The molecule has 1 N–H and O–H groups in total. The Labute approximate surface area is 128 Å². The molecular formula is C17H28N2S. The predicted molar refractivity (Wildman–Crippen MR) is 89.4 cm³/mol. The van der Waals surface area contributed by atoms with E-state index in [9.17, 15) is 0 Å². The van der Waals surface area contributed by atoms with E-state index in [1.165, 1.54) is 48.7 Å². The number of thioether (sulfide) groups is 1. The first-order valence-electron chi connectivity index (χ1n) is 7.72. The molecule has 1 aliphatic heterocycles.